The zero-order valence-electron chi connectivity index (χ0n) is 11.0. The van der Waals surface area contributed by atoms with Crippen molar-refractivity contribution >= 4 is 0 Å². The summed E-state index contributed by atoms with van der Waals surface area (Å²) in [4.78, 5) is 0. The molecule has 0 aliphatic rings. The third-order valence-corrected chi connectivity index (χ3v) is 2.77. The molecule has 0 saturated heterocycles. The molecule has 1 aromatic heterocycles. The summed E-state index contributed by atoms with van der Waals surface area (Å²) in [5.74, 6) is 0. The van der Waals surface area contributed by atoms with Gasteiger partial charge < -0.3 is 10.5 Å². The number of ether oxygens (including phenoxy) is 1. The molecular formula is C13H18N4O. The second kappa shape index (κ2) is 5.29. The molecule has 2 N–H and O–H groups in total. The quantitative estimate of drug-likeness (QED) is 0.887. The number of aryl methyl sites for hydroxylation is 2. The normalized spacial score (nSPS) is 10.9. The average Bonchev–Trinajstić information content (AvgIpc) is 2.71. The predicted molar refractivity (Wildman–Crippen MR) is 69.4 cm³/mol. The van der Waals surface area contributed by atoms with E-state index in [9.17, 15) is 0 Å². The Labute approximate surface area is 107 Å². The summed E-state index contributed by atoms with van der Waals surface area (Å²) in [6.45, 7) is 4.94. The number of methoxy groups -OCH3 is 1. The Kier molecular flexibility index (Phi) is 3.74. The van der Waals surface area contributed by atoms with Gasteiger partial charge >= 0.3 is 0 Å². The fourth-order valence-corrected chi connectivity index (χ4v) is 2.05. The summed E-state index contributed by atoms with van der Waals surface area (Å²) in [7, 11) is 1.65. The fraction of sp³-hybridized carbons (Fsp3) is 0.385. The van der Waals surface area contributed by atoms with Gasteiger partial charge in [0.1, 0.15) is 5.69 Å². The van der Waals surface area contributed by atoms with E-state index in [0.717, 1.165) is 17.1 Å². The standard InChI is InChI=1S/C13H18N4O/c1-9-4-10(2)6-11(5-9)17-13(8-18-3)12(7-14)15-16-17/h4-6H,7-8,14H2,1-3H3. The Morgan fingerprint density at radius 3 is 2.44 bits per heavy atom. The first kappa shape index (κ1) is 12.7. The molecule has 1 aromatic carbocycles. The van der Waals surface area contributed by atoms with E-state index < -0.39 is 0 Å². The molecule has 0 bridgehead atoms. The van der Waals surface area contributed by atoms with Gasteiger partial charge in [-0.3, -0.25) is 0 Å². The summed E-state index contributed by atoms with van der Waals surface area (Å²) >= 11 is 0. The van der Waals surface area contributed by atoms with Gasteiger partial charge in [-0.05, 0) is 37.1 Å². The Morgan fingerprint density at radius 1 is 1.22 bits per heavy atom. The van der Waals surface area contributed by atoms with E-state index in [1.54, 1.807) is 11.8 Å². The second-order valence-electron chi connectivity index (χ2n) is 4.38. The highest BCUT2D eigenvalue weighted by atomic mass is 16.5. The molecular weight excluding hydrogens is 228 g/mol. The van der Waals surface area contributed by atoms with Crippen LogP contribution in [0.5, 0.6) is 0 Å². The molecule has 0 amide bonds. The van der Waals surface area contributed by atoms with Crippen LogP contribution in [-0.4, -0.2) is 22.1 Å². The number of nitrogens with two attached hydrogens (primary N) is 1. The van der Waals surface area contributed by atoms with Crippen molar-refractivity contribution in [2.75, 3.05) is 7.11 Å². The van der Waals surface area contributed by atoms with Crippen molar-refractivity contribution in [2.24, 2.45) is 5.73 Å². The number of hydrogen-bond donors (Lipinski definition) is 1. The molecule has 0 fully saturated rings. The Morgan fingerprint density at radius 2 is 1.89 bits per heavy atom. The average molecular weight is 246 g/mol. The first-order valence-corrected chi connectivity index (χ1v) is 5.87. The summed E-state index contributed by atoms with van der Waals surface area (Å²) < 4.78 is 6.99. The maximum absolute atomic E-state index is 5.66. The number of hydrogen-bond acceptors (Lipinski definition) is 4. The Bertz CT molecular complexity index is 528. The molecule has 18 heavy (non-hydrogen) atoms. The van der Waals surface area contributed by atoms with Gasteiger partial charge in [0.25, 0.3) is 0 Å². The van der Waals surface area contributed by atoms with Crippen LogP contribution in [0.15, 0.2) is 18.2 Å². The van der Waals surface area contributed by atoms with Crippen LogP contribution >= 0.6 is 0 Å². The predicted octanol–water partition coefficient (Wildman–Crippen LogP) is 1.49. The van der Waals surface area contributed by atoms with Crippen molar-refractivity contribution in [3.05, 3.63) is 40.7 Å². The van der Waals surface area contributed by atoms with Gasteiger partial charge in [0, 0.05) is 13.7 Å². The largest absolute Gasteiger partial charge is 0.378 e. The highest BCUT2D eigenvalue weighted by Crippen LogP contribution is 2.17. The van der Waals surface area contributed by atoms with Gasteiger partial charge in [0.05, 0.1) is 18.0 Å². The van der Waals surface area contributed by atoms with Crippen molar-refractivity contribution in [2.45, 2.75) is 27.0 Å². The molecule has 0 aliphatic heterocycles. The lowest BCUT2D eigenvalue weighted by Gasteiger charge is -2.08. The van der Waals surface area contributed by atoms with Crippen LogP contribution < -0.4 is 5.73 Å². The third-order valence-electron chi connectivity index (χ3n) is 2.77. The fourth-order valence-electron chi connectivity index (χ4n) is 2.05. The summed E-state index contributed by atoms with van der Waals surface area (Å²) in [6, 6.07) is 6.27. The molecule has 2 rings (SSSR count). The van der Waals surface area contributed by atoms with Crippen LogP contribution in [0.1, 0.15) is 22.5 Å². The zero-order valence-corrected chi connectivity index (χ0v) is 11.0. The van der Waals surface area contributed by atoms with Gasteiger partial charge in [-0.25, -0.2) is 4.68 Å². The Hall–Kier alpha value is -1.72. The number of nitrogens with zero attached hydrogens (tertiary/aromatic N) is 3. The van der Waals surface area contributed by atoms with Gasteiger partial charge in [0.2, 0.25) is 0 Å². The monoisotopic (exact) mass is 246 g/mol. The van der Waals surface area contributed by atoms with Crippen molar-refractivity contribution < 1.29 is 4.74 Å². The van der Waals surface area contributed by atoms with Crippen molar-refractivity contribution in [1.82, 2.24) is 15.0 Å². The van der Waals surface area contributed by atoms with Crippen LogP contribution in [0.2, 0.25) is 0 Å². The van der Waals surface area contributed by atoms with Crippen LogP contribution in [0.4, 0.5) is 0 Å². The minimum absolute atomic E-state index is 0.365. The number of aromatic nitrogens is 3. The first-order valence-electron chi connectivity index (χ1n) is 5.87. The van der Waals surface area contributed by atoms with Gasteiger partial charge in [-0.2, -0.15) is 0 Å². The molecule has 5 nitrogen and oxygen atoms in total. The lowest BCUT2D eigenvalue weighted by Crippen LogP contribution is -2.07. The first-order chi connectivity index (χ1) is 8.65. The molecule has 0 radical (unpaired) electrons. The van der Waals surface area contributed by atoms with E-state index in [1.165, 1.54) is 11.1 Å². The smallest absolute Gasteiger partial charge is 0.102 e. The molecule has 0 atom stereocenters. The van der Waals surface area contributed by atoms with E-state index in [-0.39, 0.29) is 0 Å². The molecule has 0 aliphatic carbocycles. The van der Waals surface area contributed by atoms with Gasteiger partial charge in [0.15, 0.2) is 0 Å². The van der Waals surface area contributed by atoms with Gasteiger partial charge in [-0.15, -0.1) is 5.10 Å². The summed E-state index contributed by atoms with van der Waals surface area (Å²) in [6.07, 6.45) is 0. The number of rotatable bonds is 4. The Balaban J connectivity index is 2.52. The van der Waals surface area contributed by atoms with Gasteiger partial charge in [-0.1, -0.05) is 11.3 Å². The number of benzene rings is 1. The topological polar surface area (TPSA) is 66.0 Å². The minimum atomic E-state index is 0.365. The lowest BCUT2D eigenvalue weighted by atomic mass is 10.1. The SMILES string of the molecule is COCc1c(CN)nnn1-c1cc(C)cc(C)c1. The summed E-state index contributed by atoms with van der Waals surface area (Å²) in [5, 5.41) is 8.26. The maximum atomic E-state index is 5.66. The maximum Gasteiger partial charge on any atom is 0.102 e. The summed E-state index contributed by atoms with van der Waals surface area (Å²) in [5.41, 5.74) is 10.7. The van der Waals surface area contributed by atoms with Crippen molar-refractivity contribution in [3.8, 4) is 5.69 Å². The molecule has 96 valence electrons. The van der Waals surface area contributed by atoms with E-state index >= 15 is 0 Å². The molecule has 5 heteroatoms. The van der Waals surface area contributed by atoms with Crippen molar-refractivity contribution in [3.63, 3.8) is 0 Å². The zero-order chi connectivity index (χ0) is 13.1. The molecule has 1 heterocycles. The van der Waals surface area contributed by atoms with E-state index in [1.807, 2.05) is 0 Å². The molecule has 0 spiro atoms. The van der Waals surface area contributed by atoms with Crippen LogP contribution in [0.3, 0.4) is 0 Å². The highest BCUT2D eigenvalue weighted by Gasteiger charge is 2.13. The molecule has 0 saturated carbocycles. The van der Waals surface area contributed by atoms with Crippen LogP contribution in [0.25, 0.3) is 5.69 Å². The van der Waals surface area contributed by atoms with Crippen LogP contribution in [0, 0.1) is 13.8 Å². The molecule has 0 unspecified atom stereocenters. The van der Waals surface area contributed by atoms with E-state index in [4.69, 9.17) is 10.5 Å². The highest BCUT2D eigenvalue weighted by molar-refractivity contribution is 5.40. The lowest BCUT2D eigenvalue weighted by molar-refractivity contribution is 0.178. The second-order valence-corrected chi connectivity index (χ2v) is 4.38. The minimum Gasteiger partial charge on any atom is -0.378 e. The van der Waals surface area contributed by atoms with Crippen LogP contribution in [-0.2, 0) is 17.9 Å². The van der Waals surface area contributed by atoms with E-state index in [0.29, 0.717) is 13.2 Å². The third kappa shape index (κ3) is 2.42. The van der Waals surface area contributed by atoms with E-state index in [2.05, 4.69) is 42.4 Å². The molecule has 2 aromatic rings. The van der Waals surface area contributed by atoms with Crippen molar-refractivity contribution in [1.29, 1.82) is 0 Å².